The molecule has 0 saturated carbocycles. The quantitative estimate of drug-likeness (QED) is 0.768. The third-order valence-electron chi connectivity index (χ3n) is 2.83. The molecule has 0 bridgehead atoms. The van der Waals surface area contributed by atoms with E-state index in [4.69, 9.17) is 4.74 Å². The number of carbonyl (C=O) groups is 2. The van der Waals surface area contributed by atoms with E-state index in [9.17, 15) is 14.7 Å². The highest BCUT2D eigenvalue weighted by Gasteiger charge is 2.44. The molecule has 1 aliphatic heterocycles. The highest BCUT2D eigenvalue weighted by molar-refractivity contribution is 5.97. The number of carboxylic acids is 1. The van der Waals surface area contributed by atoms with Gasteiger partial charge in [0.1, 0.15) is 5.82 Å². The van der Waals surface area contributed by atoms with Gasteiger partial charge in [-0.2, -0.15) is 0 Å². The molecule has 18 heavy (non-hydrogen) atoms. The number of ether oxygens (including phenoxy) is 1. The average Bonchev–Trinajstić information content (AvgIpc) is 2.79. The molecule has 1 aromatic heterocycles. The number of hydrogen-bond acceptors (Lipinski definition) is 5. The molecule has 1 atom stereocenters. The number of aryl methyl sites for hydroxylation is 1. The number of aliphatic carboxylic acids is 1. The third kappa shape index (κ3) is 2.30. The Morgan fingerprint density at radius 2 is 2.11 bits per heavy atom. The number of nitrogens with one attached hydrogen (secondary N) is 1. The molecule has 0 spiro atoms. The normalized spacial score (nSPS) is 22.7. The minimum atomic E-state index is -1.35. The van der Waals surface area contributed by atoms with Crippen LogP contribution < -0.4 is 5.32 Å². The first kappa shape index (κ1) is 12.4. The van der Waals surface area contributed by atoms with Crippen molar-refractivity contribution in [1.29, 1.82) is 0 Å². The van der Waals surface area contributed by atoms with Crippen LogP contribution in [0.1, 0.15) is 22.6 Å². The lowest BCUT2D eigenvalue weighted by molar-refractivity contribution is -0.144. The second kappa shape index (κ2) is 4.69. The number of rotatable bonds is 3. The Morgan fingerprint density at radius 1 is 1.44 bits per heavy atom. The fourth-order valence-corrected chi connectivity index (χ4v) is 1.69. The lowest BCUT2D eigenvalue weighted by Crippen LogP contribution is -2.55. The summed E-state index contributed by atoms with van der Waals surface area (Å²) >= 11 is 0. The van der Waals surface area contributed by atoms with Crippen LogP contribution in [0.15, 0.2) is 12.4 Å². The Hall–Kier alpha value is -2.02. The molecule has 0 aliphatic carbocycles. The lowest BCUT2D eigenvalue weighted by Gasteiger charge is -2.23. The summed E-state index contributed by atoms with van der Waals surface area (Å²) in [5, 5.41) is 11.7. The van der Waals surface area contributed by atoms with Crippen molar-refractivity contribution < 1.29 is 19.4 Å². The summed E-state index contributed by atoms with van der Waals surface area (Å²) in [5.41, 5.74) is -1.12. The van der Waals surface area contributed by atoms with Gasteiger partial charge in [0.05, 0.1) is 12.2 Å². The first-order valence-corrected chi connectivity index (χ1v) is 5.46. The van der Waals surface area contributed by atoms with Gasteiger partial charge in [-0.3, -0.25) is 4.79 Å². The van der Waals surface area contributed by atoms with Gasteiger partial charge in [-0.15, -0.1) is 0 Å². The predicted octanol–water partition coefficient (Wildman–Crippen LogP) is -0.241. The Labute approximate surface area is 103 Å². The van der Waals surface area contributed by atoms with Gasteiger partial charge in [0, 0.05) is 25.4 Å². The van der Waals surface area contributed by atoms with Crippen molar-refractivity contribution >= 4 is 11.9 Å². The molecule has 96 valence electrons. The SMILES string of the molecule is Cc1ncc(C(=O)N[C@@]2(C(=O)O)CCOC2)cn1. The van der Waals surface area contributed by atoms with E-state index in [0.29, 0.717) is 12.4 Å². The van der Waals surface area contributed by atoms with Crippen LogP contribution in [-0.2, 0) is 9.53 Å². The summed E-state index contributed by atoms with van der Waals surface area (Å²) in [6.45, 7) is 1.99. The van der Waals surface area contributed by atoms with Gasteiger partial charge in [-0.25, -0.2) is 14.8 Å². The second-order valence-electron chi connectivity index (χ2n) is 4.16. The molecule has 7 nitrogen and oxygen atoms in total. The van der Waals surface area contributed by atoms with E-state index < -0.39 is 17.4 Å². The third-order valence-corrected chi connectivity index (χ3v) is 2.83. The highest BCUT2D eigenvalue weighted by Crippen LogP contribution is 2.19. The number of amides is 1. The van der Waals surface area contributed by atoms with Crippen molar-refractivity contribution in [3.63, 3.8) is 0 Å². The molecule has 1 fully saturated rings. The van der Waals surface area contributed by atoms with E-state index in [1.807, 2.05) is 0 Å². The summed E-state index contributed by atoms with van der Waals surface area (Å²) < 4.78 is 5.05. The van der Waals surface area contributed by atoms with Crippen molar-refractivity contribution in [3.8, 4) is 0 Å². The van der Waals surface area contributed by atoms with Gasteiger partial charge in [0.15, 0.2) is 5.54 Å². The summed E-state index contributed by atoms with van der Waals surface area (Å²) in [5.74, 6) is -1.06. The molecule has 7 heteroatoms. The van der Waals surface area contributed by atoms with Gasteiger partial charge in [-0.1, -0.05) is 0 Å². The first-order chi connectivity index (χ1) is 8.53. The van der Waals surface area contributed by atoms with Gasteiger partial charge in [0.25, 0.3) is 5.91 Å². The molecule has 1 aromatic rings. The standard InChI is InChI=1S/C11H13N3O4/c1-7-12-4-8(5-13-7)9(15)14-11(10(16)17)2-3-18-6-11/h4-5H,2-3,6H2,1H3,(H,14,15)(H,16,17)/t11-/m0/s1. The fourth-order valence-electron chi connectivity index (χ4n) is 1.69. The van der Waals surface area contributed by atoms with Crippen molar-refractivity contribution in [2.75, 3.05) is 13.2 Å². The Kier molecular flexibility index (Phi) is 3.24. The zero-order valence-electron chi connectivity index (χ0n) is 9.84. The van der Waals surface area contributed by atoms with E-state index in [0.717, 1.165) is 0 Å². The van der Waals surface area contributed by atoms with E-state index >= 15 is 0 Å². The minimum Gasteiger partial charge on any atom is -0.479 e. The maximum absolute atomic E-state index is 11.9. The van der Waals surface area contributed by atoms with E-state index in [1.54, 1.807) is 6.92 Å². The lowest BCUT2D eigenvalue weighted by atomic mass is 9.98. The molecule has 0 radical (unpaired) electrons. The predicted molar refractivity (Wildman–Crippen MR) is 60.0 cm³/mol. The van der Waals surface area contributed by atoms with E-state index in [-0.39, 0.29) is 18.6 Å². The monoisotopic (exact) mass is 251 g/mol. The fraction of sp³-hybridized carbons (Fsp3) is 0.455. The van der Waals surface area contributed by atoms with Crippen LogP contribution in [0.3, 0.4) is 0 Å². The van der Waals surface area contributed by atoms with Crippen LogP contribution in [0.25, 0.3) is 0 Å². The van der Waals surface area contributed by atoms with E-state index in [1.165, 1.54) is 12.4 Å². The maximum Gasteiger partial charge on any atom is 0.331 e. The van der Waals surface area contributed by atoms with Crippen LogP contribution >= 0.6 is 0 Å². The van der Waals surface area contributed by atoms with Crippen molar-refractivity contribution in [2.45, 2.75) is 18.9 Å². The first-order valence-electron chi connectivity index (χ1n) is 5.46. The summed E-state index contributed by atoms with van der Waals surface area (Å²) in [4.78, 5) is 30.9. The highest BCUT2D eigenvalue weighted by atomic mass is 16.5. The molecule has 1 amide bonds. The summed E-state index contributed by atoms with van der Waals surface area (Å²) in [6.07, 6.45) is 2.98. The number of hydrogen-bond donors (Lipinski definition) is 2. The second-order valence-corrected chi connectivity index (χ2v) is 4.16. The molecular weight excluding hydrogens is 238 g/mol. The molecular formula is C11H13N3O4. The van der Waals surface area contributed by atoms with Gasteiger partial charge in [-0.05, 0) is 6.92 Å². The summed E-state index contributed by atoms with van der Waals surface area (Å²) in [6, 6.07) is 0. The topological polar surface area (TPSA) is 101 Å². The zero-order chi connectivity index (χ0) is 13.2. The summed E-state index contributed by atoms with van der Waals surface area (Å²) in [7, 11) is 0. The van der Waals surface area contributed by atoms with Crippen molar-refractivity contribution in [1.82, 2.24) is 15.3 Å². The Bertz CT molecular complexity index is 466. The molecule has 2 heterocycles. The van der Waals surface area contributed by atoms with Crippen LogP contribution in [0.2, 0.25) is 0 Å². The van der Waals surface area contributed by atoms with Crippen LogP contribution in [0, 0.1) is 6.92 Å². The number of carbonyl (C=O) groups excluding carboxylic acids is 1. The minimum absolute atomic E-state index is 0.0270. The van der Waals surface area contributed by atoms with Gasteiger partial charge in [0.2, 0.25) is 0 Å². The number of nitrogens with zero attached hydrogens (tertiary/aromatic N) is 2. The Balaban J connectivity index is 2.15. The Morgan fingerprint density at radius 3 is 2.61 bits per heavy atom. The largest absolute Gasteiger partial charge is 0.479 e. The molecule has 2 rings (SSSR count). The molecule has 1 saturated heterocycles. The number of aromatic nitrogens is 2. The zero-order valence-corrected chi connectivity index (χ0v) is 9.84. The average molecular weight is 251 g/mol. The molecule has 0 unspecified atom stereocenters. The molecule has 0 aromatic carbocycles. The van der Waals surface area contributed by atoms with Gasteiger partial charge >= 0.3 is 5.97 Å². The number of carboxylic acid groups (broad SMARTS) is 1. The smallest absolute Gasteiger partial charge is 0.331 e. The van der Waals surface area contributed by atoms with Crippen molar-refractivity contribution in [2.24, 2.45) is 0 Å². The molecule has 2 N–H and O–H groups in total. The van der Waals surface area contributed by atoms with E-state index in [2.05, 4.69) is 15.3 Å². The van der Waals surface area contributed by atoms with Gasteiger partial charge < -0.3 is 15.2 Å². The van der Waals surface area contributed by atoms with Crippen molar-refractivity contribution in [3.05, 3.63) is 23.8 Å². The van der Waals surface area contributed by atoms with Crippen LogP contribution in [0.5, 0.6) is 0 Å². The molecule has 1 aliphatic rings. The van der Waals surface area contributed by atoms with Crippen LogP contribution in [0.4, 0.5) is 0 Å². The maximum atomic E-state index is 11.9. The van der Waals surface area contributed by atoms with Crippen LogP contribution in [-0.4, -0.2) is 45.7 Å².